The predicted octanol–water partition coefficient (Wildman–Crippen LogP) is 2.71. The molecule has 148 valence electrons. The Bertz CT molecular complexity index is 831. The summed E-state index contributed by atoms with van der Waals surface area (Å²) in [6.07, 6.45) is 4.22. The van der Waals surface area contributed by atoms with Crippen LogP contribution in [0.25, 0.3) is 0 Å². The molecule has 1 aromatic carbocycles. The highest BCUT2D eigenvalue weighted by molar-refractivity contribution is 7.89. The van der Waals surface area contributed by atoms with Crippen LogP contribution in [0.15, 0.2) is 28.8 Å². The van der Waals surface area contributed by atoms with Crippen molar-refractivity contribution in [3.05, 3.63) is 41.5 Å². The summed E-state index contributed by atoms with van der Waals surface area (Å²) in [6, 6.07) is 6.85. The molecule has 0 bridgehead atoms. The number of nitrogens with one attached hydrogen (secondary N) is 2. The normalized spacial score (nSPS) is 20.5. The zero-order valence-corrected chi connectivity index (χ0v) is 16.1. The fraction of sp³-hybridized carbons (Fsp3) is 0.556. The molecular formula is C18H25FN4O3S. The monoisotopic (exact) mass is 396 g/mol. The van der Waals surface area contributed by atoms with Gasteiger partial charge in [-0.2, -0.15) is 4.98 Å². The van der Waals surface area contributed by atoms with Gasteiger partial charge in [-0.3, -0.25) is 0 Å². The highest BCUT2D eigenvalue weighted by atomic mass is 32.2. The largest absolute Gasteiger partial charge is 0.335 e. The van der Waals surface area contributed by atoms with Gasteiger partial charge in [0.05, 0.1) is 5.75 Å². The highest BCUT2D eigenvalue weighted by Gasteiger charge is 2.23. The van der Waals surface area contributed by atoms with Crippen LogP contribution in [-0.4, -0.2) is 36.9 Å². The van der Waals surface area contributed by atoms with E-state index in [4.69, 9.17) is 4.52 Å². The van der Waals surface area contributed by atoms with E-state index in [1.165, 1.54) is 12.1 Å². The van der Waals surface area contributed by atoms with Crippen LogP contribution in [0, 0.1) is 11.7 Å². The van der Waals surface area contributed by atoms with Crippen LogP contribution >= 0.6 is 0 Å². The minimum atomic E-state index is -3.13. The van der Waals surface area contributed by atoms with Crippen molar-refractivity contribution in [1.29, 1.82) is 0 Å². The van der Waals surface area contributed by atoms with E-state index in [0.717, 1.165) is 31.2 Å². The topological polar surface area (TPSA) is 97.1 Å². The second-order valence-electron chi connectivity index (χ2n) is 6.93. The van der Waals surface area contributed by atoms with Crippen molar-refractivity contribution in [3.63, 3.8) is 0 Å². The van der Waals surface area contributed by atoms with Crippen LogP contribution in [0.1, 0.15) is 44.0 Å². The first-order valence-corrected chi connectivity index (χ1v) is 10.9. The lowest BCUT2D eigenvalue weighted by atomic mass is 9.86. The lowest BCUT2D eigenvalue weighted by molar-refractivity contribution is 0.330. The van der Waals surface area contributed by atoms with E-state index >= 15 is 0 Å². The fourth-order valence-corrected chi connectivity index (χ4v) is 3.90. The van der Waals surface area contributed by atoms with Crippen molar-refractivity contribution in [1.82, 2.24) is 14.9 Å². The zero-order chi connectivity index (χ0) is 19.3. The number of hydrogen-bond acceptors (Lipinski definition) is 6. The average molecular weight is 396 g/mol. The van der Waals surface area contributed by atoms with Gasteiger partial charge in [-0.1, -0.05) is 17.3 Å². The Kier molecular flexibility index (Phi) is 6.43. The van der Waals surface area contributed by atoms with Crippen LogP contribution in [-0.2, 0) is 16.4 Å². The number of benzene rings is 1. The van der Waals surface area contributed by atoms with Crippen LogP contribution in [0.2, 0.25) is 0 Å². The Labute approximate surface area is 158 Å². The summed E-state index contributed by atoms with van der Waals surface area (Å²) in [5.74, 6) is 0.751. The van der Waals surface area contributed by atoms with Gasteiger partial charge in [0, 0.05) is 19.0 Å². The molecule has 0 radical (unpaired) electrons. The van der Waals surface area contributed by atoms with Crippen LogP contribution in [0.4, 0.5) is 10.4 Å². The first-order valence-electron chi connectivity index (χ1n) is 9.24. The van der Waals surface area contributed by atoms with Gasteiger partial charge in [-0.25, -0.2) is 17.5 Å². The molecule has 0 spiro atoms. The molecule has 0 saturated heterocycles. The molecule has 2 aromatic rings. The third-order valence-corrected chi connectivity index (χ3v) is 6.26. The van der Waals surface area contributed by atoms with E-state index in [2.05, 4.69) is 20.2 Å². The molecule has 1 aliphatic rings. The smallest absolute Gasteiger partial charge is 0.321 e. The van der Waals surface area contributed by atoms with Crippen molar-refractivity contribution >= 4 is 16.0 Å². The van der Waals surface area contributed by atoms with E-state index in [9.17, 15) is 12.8 Å². The lowest BCUT2D eigenvalue weighted by Gasteiger charge is -2.28. The van der Waals surface area contributed by atoms with Gasteiger partial charge in [-0.15, -0.1) is 0 Å². The average Bonchev–Trinajstić information content (AvgIpc) is 3.10. The number of aromatic nitrogens is 2. The molecule has 9 heteroatoms. The molecule has 3 rings (SSSR count). The summed E-state index contributed by atoms with van der Waals surface area (Å²) in [7, 11) is -3.13. The van der Waals surface area contributed by atoms with E-state index < -0.39 is 10.0 Å². The molecule has 0 aliphatic heterocycles. The first-order chi connectivity index (χ1) is 12.9. The highest BCUT2D eigenvalue weighted by Crippen LogP contribution is 2.26. The van der Waals surface area contributed by atoms with E-state index in [1.54, 1.807) is 19.1 Å². The maximum Gasteiger partial charge on any atom is 0.321 e. The molecule has 2 N–H and O–H groups in total. The van der Waals surface area contributed by atoms with Gasteiger partial charge in [0.25, 0.3) is 0 Å². The van der Waals surface area contributed by atoms with Crippen LogP contribution < -0.4 is 10.0 Å². The minimum Gasteiger partial charge on any atom is -0.335 e. The van der Waals surface area contributed by atoms with Gasteiger partial charge in [0.2, 0.25) is 10.0 Å². The summed E-state index contributed by atoms with van der Waals surface area (Å²) in [4.78, 5) is 4.35. The molecule has 0 amide bonds. The SMILES string of the molecule is CCS(=O)(=O)NC[C@H]1CC[C@H](Nc2nc(Cc3ccc(F)cc3)no2)CC1. The second kappa shape index (κ2) is 8.79. The van der Waals surface area contributed by atoms with E-state index in [1.807, 2.05) is 0 Å². The zero-order valence-electron chi connectivity index (χ0n) is 15.3. The van der Waals surface area contributed by atoms with Gasteiger partial charge >= 0.3 is 6.01 Å². The van der Waals surface area contributed by atoms with Crippen molar-refractivity contribution in [3.8, 4) is 0 Å². The Morgan fingerprint density at radius 1 is 1.19 bits per heavy atom. The van der Waals surface area contributed by atoms with Crippen molar-refractivity contribution in [2.24, 2.45) is 5.92 Å². The molecule has 1 heterocycles. The lowest BCUT2D eigenvalue weighted by Crippen LogP contribution is -2.34. The Morgan fingerprint density at radius 3 is 2.56 bits per heavy atom. The number of hydrogen-bond donors (Lipinski definition) is 2. The molecule has 0 atom stereocenters. The Morgan fingerprint density at radius 2 is 1.89 bits per heavy atom. The van der Waals surface area contributed by atoms with Crippen LogP contribution in [0.3, 0.4) is 0 Å². The summed E-state index contributed by atoms with van der Waals surface area (Å²) < 4.78 is 43.9. The van der Waals surface area contributed by atoms with Crippen molar-refractivity contribution in [2.45, 2.75) is 45.1 Å². The van der Waals surface area contributed by atoms with Gasteiger partial charge in [0.1, 0.15) is 5.82 Å². The number of anilines is 1. The summed E-state index contributed by atoms with van der Waals surface area (Å²) >= 11 is 0. The molecule has 1 saturated carbocycles. The van der Waals surface area contributed by atoms with Gasteiger partial charge < -0.3 is 9.84 Å². The second-order valence-corrected chi connectivity index (χ2v) is 9.03. The maximum absolute atomic E-state index is 12.9. The summed E-state index contributed by atoms with van der Waals surface area (Å²) in [6.45, 7) is 2.14. The standard InChI is InChI=1S/C18H25FN4O3S/c1-2-27(24,25)20-12-14-5-9-16(10-6-14)21-18-22-17(23-26-18)11-13-3-7-15(19)8-4-13/h3-4,7-8,14,16,20H,2,5-6,9-12H2,1H3,(H,21,22,23)/t14-,16-. The van der Waals surface area contributed by atoms with Gasteiger partial charge in [-0.05, 0) is 56.2 Å². The first kappa shape index (κ1) is 19.8. The Hall–Kier alpha value is -2.00. The number of sulfonamides is 1. The van der Waals surface area contributed by atoms with Gasteiger partial charge in [0.15, 0.2) is 5.82 Å². The third-order valence-electron chi connectivity index (χ3n) is 4.89. The molecule has 1 fully saturated rings. The van der Waals surface area contributed by atoms with Crippen LogP contribution in [0.5, 0.6) is 0 Å². The molecule has 7 nitrogen and oxygen atoms in total. The predicted molar refractivity (Wildman–Crippen MR) is 100 cm³/mol. The summed E-state index contributed by atoms with van der Waals surface area (Å²) in [5, 5.41) is 7.22. The molecule has 1 aromatic heterocycles. The van der Waals surface area contributed by atoms with Crippen molar-refractivity contribution in [2.75, 3.05) is 17.6 Å². The Balaban J connectivity index is 1.44. The fourth-order valence-electron chi connectivity index (χ4n) is 3.20. The molecule has 1 aliphatic carbocycles. The van der Waals surface area contributed by atoms with E-state index in [-0.39, 0.29) is 17.6 Å². The molecule has 0 unspecified atom stereocenters. The third kappa shape index (κ3) is 6.00. The quantitative estimate of drug-likeness (QED) is 0.712. The summed E-state index contributed by atoms with van der Waals surface area (Å²) in [5.41, 5.74) is 0.916. The van der Waals surface area contributed by atoms with E-state index in [0.29, 0.717) is 30.7 Å². The number of rotatable bonds is 8. The number of halogens is 1. The molecule has 27 heavy (non-hydrogen) atoms. The van der Waals surface area contributed by atoms with Crippen molar-refractivity contribution < 1.29 is 17.3 Å². The molecular weight excluding hydrogens is 371 g/mol. The maximum atomic E-state index is 12.9. The number of nitrogens with zero attached hydrogens (tertiary/aromatic N) is 2. The minimum absolute atomic E-state index is 0.112.